The molecule has 4 rings (SSSR count). The highest BCUT2D eigenvalue weighted by Gasteiger charge is 2.30. The molecule has 0 atom stereocenters. The number of nitrogens with one attached hydrogen (secondary N) is 1. The zero-order chi connectivity index (χ0) is 22.3. The molecular weight excluding hydrogens is 427 g/mol. The Kier molecular flexibility index (Phi) is 5.04. The molecule has 8 nitrogen and oxygen atoms in total. The van der Waals surface area contributed by atoms with Gasteiger partial charge in [-0.1, -0.05) is 11.6 Å². The number of aromatic amines is 1. The van der Waals surface area contributed by atoms with Gasteiger partial charge in [0.1, 0.15) is 11.4 Å². The number of carbonyl (C=O) groups excluding carboxylic acids is 1. The molecule has 1 aliphatic rings. The van der Waals surface area contributed by atoms with E-state index in [9.17, 15) is 23.9 Å². The number of carbonyl (C=O) groups is 1. The standard InChI is InChI=1S/C21H14ClFN4O4/c1-11-16(20(30)27(25-11)15-8-4-13(23)5-9-15)10-17-18(28)24-21(31)26(19(17)29)14-6-2-12(22)3-7-14/h2-10,29H,1H3,(H,24,28,31). The van der Waals surface area contributed by atoms with Crippen LogP contribution in [0.5, 0.6) is 5.88 Å². The number of benzene rings is 2. The second kappa shape index (κ2) is 7.69. The Morgan fingerprint density at radius 1 is 1.03 bits per heavy atom. The Morgan fingerprint density at radius 2 is 1.65 bits per heavy atom. The van der Waals surface area contributed by atoms with Gasteiger partial charge in [-0.05, 0) is 61.5 Å². The van der Waals surface area contributed by atoms with Gasteiger partial charge in [-0.2, -0.15) is 10.1 Å². The van der Waals surface area contributed by atoms with Gasteiger partial charge in [0.15, 0.2) is 0 Å². The summed E-state index contributed by atoms with van der Waals surface area (Å²) in [4.78, 5) is 39.7. The van der Waals surface area contributed by atoms with Crippen LogP contribution >= 0.6 is 11.6 Å². The number of H-pyrrole nitrogens is 1. The lowest BCUT2D eigenvalue weighted by Crippen LogP contribution is -2.30. The van der Waals surface area contributed by atoms with Gasteiger partial charge in [-0.25, -0.2) is 13.8 Å². The molecule has 0 fully saturated rings. The molecule has 2 heterocycles. The minimum atomic E-state index is -0.874. The molecular formula is C21H14ClFN4O4. The zero-order valence-corrected chi connectivity index (χ0v) is 16.7. The van der Waals surface area contributed by atoms with Crippen molar-refractivity contribution in [3.63, 3.8) is 0 Å². The lowest BCUT2D eigenvalue weighted by Gasteiger charge is -2.12. The highest BCUT2D eigenvalue weighted by atomic mass is 35.5. The van der Waals surface area contributed by atoms with Gasteiger partial charge in [0.25, 0.3) is 11.5 Å². The predicted molar refractivity (Wildman–Crippen MR) is 114 cm³/mol. The number of amides is 1. The first-order valence-electron chi connectivity index (χ1n) is 8.98. The summed E-state index contributed by atoms with van der Waals surface area (Å²) in [5, 5.41) is 16.3. The number of nitrogens with zero attached hydrogens (tertiary/aromatic N) is 3. The van der Waals surface area contributed by atoms with E-state index < -0.39 is 28.9 Å². The fourth-order valence-corrected chi connectivity index (χ4v) is 3.21. The number of hydrazone groups is 1. The van der Waals surface area contributed by atoms with Gasteiger partial charge in [0, 0.05) is 5.02 Å². The predicted octanol–water partition coefficient (Wildman–Crippen LogP) is 2.83. The van der Waals surface area contributed by atoms with E-state index in [1.54, 1.807) is 6.92 Å². The molecule has 0 saturated carbocycles. The fraction of sp³-hybridized carbons (Fsp3) is 0.0476. The number of aromatic hydroxyl groups is 1. The van der Waals surface area contributed by atoms with Crippen molar-refractivity contribution >= 4 is 35.0 Å². The van der Waals surface area contributed by atoms with Crippen molar-refractivity contribution in [2.75, 3.05) is 5.01 Å². The molecule has 0 radical (unpaired) electrons. The van der Waals surface area contributed by atoms with Crippen molar-refractivity contribution in [2.24, 2.45) is 5.10 Å². The zero-order valence-electron chi connectivity index (χ0n) is 16.0. The highest BCUT2D eigenvalue weighted by Crippen LogP contribution is 2.26. The van der Waals surface area contributed by atoms with Crippen LogP contribution in [0, 0.1) is 5.82 Å². The number of hydrogen-bond acceptors (Lipinski definition) is 5. The number of aromatic nitrogens is 2. The summed E-state index contributed by atoms with van der Waals surface area (Å²) in [6.45, 7) is 1.55. The monoisotopic (exact) mass is 440 g/mol. The van der Waals surface area contributed by atoms with Crippen LogP contribution in [-0.4, -0.2) is 26.3 Å². The lowest BCUT2D eigenvalue weighted by molar-refractivity contribution is -0.114. The highest BCUT2D eigenvalue weighted by molar-refractivity contribution is 6.32. The third-order valence-electron chi connectivity index (χ3n) is 4.63. The van der Waals surface area contributed by atoms with E-state index in [1.807, 2.05) is 0 Å². The van der Waals surface area contributed by atoms with E-state index in [0.29, 0.717) is 10.7 Å². The molecule has 1 aromatic heterocycles. The van der Waals surface area contributed by atoms with E-state index in [1.165, 1.54) is 48.5 Å². The minimum absolute atomic E-state index is 0.0337. The van der Waals surface area contributed by atoms with E-state index in [4.69, 9.17) is 11.6 Å². The fourth-order valence-electron chi connectivity index (χ4n) is 3.08. The van der Waals surface area contributed by atoms with Gasteiger partial charge in [-0.3, -0.25) is 14.6 Å². The molecule has 1 amide bonds. The van der Waals surface area contributed by atoms with Crippen LogP contribution in [0.15, 0.2) is 68.8 Å². The topological polar surface area (TPSA) is 108 Å². The van der Waals surface area contributed by atoms with E-state index in [-0.39, 0.29) is 22.5 Å². The van der Waals surface area contributed by atoms with Crippen LogP contribution in [-0.2, 0) is 4.79 Å². The maximum absolute atomic E-state index is 13.2. The Hall–Kier alpha value is -3.98. The number of rotatable bonds is 3. The molecule has 1 aliphatic heterocycles. The Balaban J connectivity index is 1.81. The first kappa shape index (κ1) is 20.3. The molecule has 0 saturated heterocycles. The Bertz CT molecular complexity index is 1370. The third kappa shape index (κ3) is 3.66. The first-order valence-corrected chi connectivity index (χ1v) is 9.35. The molecule has 2 aromatic carbocycles. The summed E-state index contributed by atoms with van der Waals surface area (Å²) in [6, 6.07) is 11.2. The average molecular weight is 441 g/mol. The summed E-state index contributed by atoms with van der Waals surface area (Å²) >= 11 is 5.86. The molecule has 3 aromatic rings. The van der Waals surface area contributed by atoms with Crippen molar-refractivity contribution < 1.29 is 14.3 Å². The van der Waals surface area contributed by atoms with Crippen molar-refractivity contribution in [1.82, 2.24) is 9.55 Å². The first-order chi connectivity index (χ1) is 14.8. The van der Waals surface area contributed by atoms with E-state index in [0.717, 1.165) is 15.7 Å². The van der Waals surface area contributed by atoms with Crippen LogP contribution in [0.1, 0.15) is 12.5 Å². The largest absolute Gasteiger partial charge is 0.494 e. The van der Waals surface area contributed by atoms with E-state index >= 15 is 0 Å². The summed E-state index contributed by atoms with van der Waals surface area (Å²) in [6.07, 6.45) is 1.16. The Morgan fingerprint density at radius 3 is 2.29 bits per heavy atom. The smallest absolute Gasteiger partial charge is 0.335 e. The van der Waals surface area contributed by atoms with Crippen molar-refractivity contribution in [3.05, 3.63) is 91.3 Å². The van der Waals surface area contributed by atoms with Crippen molar-refractivity contribution in [1.29, 1.82) is 0 Å². The molecule has 156 valence electrons. The molecule has 31 heavy (non-hydrogen) atoms. The van der Waals surface area contributed by atoms with Crippen molar-refractivity contribution in [2.45, 2.75) is 6.92 Å². The SMILES string of the molecule is CC1=NN(c2ccc(F)cc2)C(=O)C1=Cc1c(O)n(-c2ccc(Cl)cc2)c(=O)[nH]c1=O. The van der Waals surface area contributed by atoms with Crippen molar-refractivity contribution in [3.8, 4) is 11.6 Å². The number of hydrogen-bond donors (Lipinski definition) is 2. The minimum Gasteiger partial charge on any atom is -0.494 e. The molecule has 2 N–H and O–H groups in total. The van der Waals surface area contributed by atoms with Crippen LogP contribution in [0.3, 0.4) is 0 Å². The number of halogens is 2. The lowest BCUT2D eigenvalue weighted by atomic mass is 10.1. The summed E-state index contributed by atoms with van der Waals surface area (Å²) in [7, 11) is 0. The third-order valence-corrected chi connectivity index (χ3v) is 4.88. The summed E-state index contributed by atoms with van der Waals surface area (Å²) in [5.41, 5.74) is -1.13. The maximum Gasteiger partial charge on any atom is 0.335 e. The average Bonchev–Trinajstić information content (AvgIpc) is 3.01. The molecule has 10 heteroatoms. The van der Waals surface area contributed by atoms with Crippen LogP contribution in [0.2, 0.25) is 5.02 Å². The molecule has 0 spiro atoms. The summed E-state index contributed by atoms with van der Waals surface area (Å²) < 4.78 is 14.1. The number of anilines is 1. The second-order valence-electron chi connectivity index (χ2n) is 6.65. The normalized spacial score (nSPS) is 14.9. The van der Waals surface area contributed by atoms with Gasteiger partial charge in [-0.15, -0.1) is 0 Å². The summed E-state index contributed by atoms with van der Waals surface area (Å²) in [5.74, 6) is -1.69. The quantitative estimate of drug-likeness (QED) is 0.610. The molecule has 0 bridgehead atoms. The maximum atomic E-state index is 13.2. The van der Waals surface area contributed by atoms with E-state index in [2.05, 4.69) is 10.1 Å². The van der Waals surface area contributed by atoms with Crippen LogP contribution < -0.4 is 16.3 Å². The van der Waals surface area contributed by atoms with Crippen LogP contribution in [0.4, 0.5) is 10.1 Å². The molecule has 0 aliphatic carbocycles. The van der Waals surface area contributed by atoms with Crippen LogP contribution in [0.25, 0.3) is 11.8 Å². The van der Waals surface area contributed by atoms with Gasteiger partial charge < -0.3 is 5.11 Å². The second-order valence-corrected chi connectivity index (χ2v) is 7.08. The van der Waals surface area contributed by atoms with Gasteiger partial charge >= 0.3 is 5.69 Å². The Labute approximate surface area is 179 Å². The van der Waals surface area contributed by atoms with Gasteiger partial charge in [0.05, 0.1) is 22.7 Å². The molecule has 0 unspecified atom stereocenters. The van der Waals surface area contributed by atoms with Gasteiger partial charge in [0.2, 0.25) is 5.88 Å².